The number of nitrogens with one attached hydrogen (secondary N) is 1. The summed E-state index contributed by atoms with van der Waals surface area (Å²) >= 11 is 0. The average molecular weight is 292 g/mol. The molecule has 7 nitrogen and oxygen atoms in total. The van der Waals surface area contributed by atoms with Gasteiger partial charge in [-0.2, -0.15) is 0 Å². The zero-order valence-corrected chi connectivity index (χ0v) is 11.5. The molecular weight excluding hydrogens is 276 g/mol. The molecule has 21 heavy (non-hydrogen) atoms. The van der Waals surface area contributed by atoms with Crippen molar-refractivity contribution in [1.29, 1.82) is 0 Å². The fourth-order valence-corrected chi connectivity index (χ4v) is 1.85. The minimum Gasteiger partial charge on any atom is -0.494 e. The number of benzene rings is 1. The Morgan fingerprint density at radius 3 is 2.71 bits per heavy atom. The highest BCUT2D eigenvalue weighted by atomic mass is 16.6. The third-order valence-electron chi connectivity index (χ3n) is 2.80. The lowest BCUT2D eigenvalue weighted by molar-refractivity contribution is -0.384. The summed E-state index contributed by atoms with van der Waals surface area (Å²) in [6.07, 6.45) is 0. The first kappa shape index (κ1) is 14.9. The standard InChI is InChI=1S/C14H16N2O5/c1-2-20-10-5-6-13(14(7-10)16(18)19)15-8-11-3-4-12(9-17)21-11/h3-7,15,17H,2,8-9H2,1H3. The summed E-state index contributed by atoms with van der Waals surface area (Å²) in [5, 5.41) is 23.0. The van der Waals surface area contributed by atoms with Crippen molar-refractivity contribution < 1.29 is 19.2 Å². The molecule has 0 radical (unpaired) electrons. The van der Waals surface area contributed by atoms with Gasteiger partial charge in [-0.1, -0.05) is 0 Å². The Labute approximate surface area is 121 Å². The van der Waals surface area contributed by atoms with E-state index in [9.17, 15) is 10.1 Å². The van der Waals surface area contributed by atoms with Crippen LogP contribution in [0.2, 0.25) is 0 Å². The van der Waals surface area contributed by atoms with Crippen molar-refractivity contribution >= 4 is 11.4 Å². The maximum atomic E-state index is 11.1. The molecule has 0 aliphatic rings. The van der Waals surface area contributed by atoms with Crippen molar-refractivity contribution in [3.63, 3.8) is 0 Å². The van der Waals surface area contributed by atoms with Crippen LogP contribution < -0.4 is 10.1 Å². The predicted molar refractivity (Wildman–Crippen MR) is 76.2 cm³/mol. The van der Waals surface area contributed by atoms with Crippen LogP contribution >= 0.6 is 0 Å². The fourth-order valence-electron chi connectivity index (χ4n) is 1.85. The number of anilines is 1. The van der Waals surface area contributed by atoms with Gasteiger partial charge in [0.15, 0.2) is 0 Å². The molecule has 0 atom stereocenters. The number of nitro groups is 1. The van der Waals surface area contributed by atoms with Gasteiger partial charge in [0.05, 0.1) is 24.1 Å². The van der Waals surface area contributed by atoms with E-state index in [2.05, 4.69) is 5.32 Å². The van der Waals surface area contributed by atoms with E-state index in [0.717, 1.165) is 0 Å². The molecule has 0 spiro atoms. The Hall–Kier alpha value is -2.54. The molecule has 0 unspecified atom stereocenters. The van der Waals surface area contributed by atoms with Crippen molar-refractivity contribution in [3.05, 3.63) is 52.0 Å². The summed E-state index contributed by atoms with van der Waals surface area (Å²) in [5.74, 6) is 1.49. The van der Waals surface area contributed by atoms with E-state index >= 15 is 0 Å². The number of nitrogens with zero attached hydrogens (tertiary/aromatic N) is 1. The second kappa shape index (κ2) is 6.76. The average Bonchev–Trinajstić information content (AvgIpc) is 2.94. The topological polar surface area (TPSA) is 97.8 Å². The van der Waals surface area contributed by atoms with Crippen LogP contribution in [-0.2, 0) is 13.2 Å². The van der Waals surface area contributed by atoms with Crippen LogP contribution in [0.4, 0.5) is 11.4 Å². The number of hydrogen-bond acceptors (Lipinski definition) is 6. The molecule has 2 rings (SSSR count). The van der Waals surface area contributed by atoms with Gasteiger partial charge < -0.3 is 19.6 Å². The van der Waals surface area contributed by atoms with Crippen molar-refractivity contribution in [2.45, 2.75) is 20.1 Å². The highest BCUT2D eigenvalue weighted by Gasteiger charge is 2.15. The lowest BCUT2D eigenvalue weighted by atomic mass is 10.2. The summed E-state index contributed by atoms with van der Waals surface area (Å²) in [7, 11) is 0. The monoisotopic (exact) mass is 292 g/mol. The van der Waals surface area contributed by atoms with Crippen molar-refractivity contribution in [2.24, 2.45) is 0 Å². The van der Waals surface area contributed by atoms with Crippen LogP contribution in [0.5, 0.6) is 5.75 Å². The van der Waals surface area contributed by atoms with Gasteiger partial charge in [0, 0.05) is 0 Å². The minimum absolute atomic E-state index is 0.0603. The van der Waals surface area contributed by atoms with E-state index < -0.39 is 4.92 Å². The Bertz CT molecular complexity index is 624. The largest absolute Gasteiger partial charge is 0.494 e. The maximum Gasteiger partial charge on any atom is 0.296 e. The molecule has 0 amide bonds. The van der Waals surface area contributed by atoms with Gasteiger partial charge in [0.2, 0.25) is 0 Å². The van der Waals surface area contributed by atoms with Crippen molar-refractivity contribution in [1.82, 2.24) is 0 Å². The summed E-state index contributed by atoms with van der Waals surface area (Å²) in [6, 6.07) is 8.01. The SMILES string of the molecule is CCOc1ccc(NCc2ccc(CO)o2)c([N+](=O)[O-])c1. The van der Waals surface area contributed by atoms with Crippen LogP contribution in [0.1, 0.15) is 18.4 Å². The Kier molecular flexibility index (Phi) is 4.78. The molecule has 2 aromatic rings. The highest BCUT2D eigenvalue weighted by molar-refractivity contribution is 5.63. The van der Waals surface area contributed by atoms with Crippen LogP contribution in [0.25, 0.3) is 0 Å². The minimum atomic E-state index is -0.466. The number of aliphatic hydroxyl groups is 1. The molecule has 1 aromatic heterocycles. The second-order valence-corrected chi connectivity index (χ2v) is 4.25. The van der Waals surface area contributed by atoms with E-state index in [-0.39, 0.29) is 18.8 Å². The smallest absolute Gasteiger partial charge is 0.296 e. The second-order valence-electron chi connectivity index (χ2n) is 4.25. The fraction of sp³-hybridized carbons (Fsp3) is 0.286. The molecule has 0 aliphatic heterocycles. The molecule has 0 aliphatic carbocycles. The number of rotatable bonds is 7. The number of hydrogen-bond donors (Lipinski definition) is 2. The first-order valence-electron chi connectivity index (χ1n) is 6.47. The number of nitro benzene ring substituents is 1. The summed E-state index contributed by atoms with van der Waals surface area (Å²) in [4.78, 5) is 10.6. The molecule has 0 saturated carbocycles. The first-order valence-corrected chi connectivity index (χ1v) is 6.47. The molecule has 1 aromatic carbocycles. The van der Waals surface area contributed by atoms with E-state index in [1.54, 1.807) is 24.3 Å². The number of furan rings is 1. The van der Waals surface area contributed by atoms with Crippen LogP contribution in [0, 0.1) is 10.1 Å². The zero-order chi connectivity index (χ0) is 15.2. The van der Waals surface area contributed by atoms with E-state index in [1.165, 1.54) is 6.07 Å². The molecular formula is C14H16N2O5. The predicted octanol–water partition coefficient (Wildman–Crippen LogP) is 2.69. The Morgan fingerprint density at radius 1 is 1.33 bits per heavy atom. The van der Waals surface area contributed by atoms with Gasteiger partial charge in [-0.05, 0) is 31.2 Å². The zero-order valence-electron chi connectivity index (χ0n) is 11.5. The third kappa shape index (κ3) is 3.73. The van der Waals surface area contributed by atoms with E-state index in [4.69, 9.17) is 14.3 Å². The quantitative estimate of drug-likeness (QED) is 0.601. The van der Waals surface area contributed by atoms with Gasteiger partial charge in [-0.3, -0.25) is 10.1 Å². The van der Waals surface area contributed by atoms with Gasteiger partial charge in [0.25, 0.3) is 5.69 Å². The van der Waals surface area contributed by atoms with Crippen molar-refractivity contribution in [2.75, 3.05) is 11.9 Å². The molecule has 0 fully saturated rings. The van der Waals surface area contributed by atoms with Gasteiger partial charge in [0.1, 0.15) is 29.6 Å². The van der Waals surface area contributed by atoms with Crippen LogP contribution in [-0.4, -0.2) is 16.6 Å². The summed E-state index contributed by atoms with van der Waals surface area (Å²) in [5.41, 5.74) is 0.320. The van der Waals surface area contributed by atoms with Crippen LogP contribution in [0.15, 0.2) is 34.7 Å². The number of aliphatic hydroxyl groups excluding tert-OH is 1. The normalized spacial score (nSPS) is 10.4. The summed E-state index contributed by atoms with van der Waals surface area (Å²) < 4.78 is 10.6. The Morgan fingerprint density at radius 2 is 2.10 bits per heavy atom. The molecule has 7 heteroatoms. The van der Waals surface area contributed by atoms with Gasteiger partial charge in [-0.25, -0.2) is 0 Å². The number of ether oxygens (including phenoxy) is 1. The van der Waals surface area contributed by atoms with E-state index in [0.29, 0.717) is 29.6 Å². The van der Waals surface area contributed by atoms with Crippen LogP contribution in [0.3, 0.4) is 0 Å². The third-order valence-corrected chi connectivity index (χ3v) is 2.80. The Balaban J connectivity index is 2.13. The van der Waals surface area contributed by atoms with Gasteiger partial charge >= 0.3 is 0 Å². The highest BCUT2D eigenvalue weighted by Crippen LogP contribution is 2.29. The molecule has 1 heterocycles. The van der Waals surface area contributed by atoms with Gasteiger partial charge in [-0.15, -0.1) is 0 Å². The van der Waals surface area contributed by atoms with Crippen molar-refractivity contribution in [3.8, 4) is 5.75 Å². The summed E-state index contributed by atoms with van der Waals surface area (Å²) in [6.45, 7) is 2.37. The first-order chi connectivity index (χ1) is 10.1. The molecule has 0 saturated heterocycles. The molecule has 2 N–H and O–H groups in total. The van der Waals surface area contributed by atoms with E-state index in [1.807, 2.05) is 6.92 Å². The lowest BCUT2D eigenvalue weighted by Crippen LogP contribution is -2.02. The molecule has 0 bridgehead atoms. The maximum absolute atomic E-state index is 11.1. The molecule has 112 valence electrons. The lowest BCUT2D eigenvalue weighted by Gasteiger charge is -2.08.